The Bertz CT molecular complexity index is 1030. The van der Waals surface area contributed by atoms with Crippen LogP contribution in [0.3, 0.4) is 0 Å². The van der Waals surface area contributed by atoms with Crippen LogP contribution in [0.25, 0.3) is 6.08 Å². The van der Waals surface area contributed by atoms with Gasteiger partial charge in [0.25, 0.3) is 0 Å². The highest BCUT2D eigenvalue weighted by Crippen LogP contribution is 2.44. The largest absolute Gasteiger partial charge is 0.466 e. The van der Waals surface area contributed by atoms with Gasteiger partial charge in [-0.3, -0.25) is 4.79 Å². The number of rotatable bonds is 7. The van der Waals surface area contributed by atoms with Crippen molar-refractivity contribution < 1.29 is 14.3 Å². The van der Waals surface area contributed by atoms with E-state index in [2.05, 4.69) is 27.1 Å². The molecular formula is C29H37N3O3. The van der Waals surface area contributed by atoms with E-state index in [1.54, 1.807) is 6.08 Å². The van der Waals surface area contributed by atoms with Gasteiger partial charge in [-0.25, -0.2) is 4.79 Å². The lowest BCUT2D eigenvalue weighted by molar-refractivity contribution is -0.134. The molecule has 3 N–H and O–H groups in total. The molecule has 2 aromatic carbocycles. The molecule has 6 nitrogen and oxygen atoms in total. The van der Waals surface area contributed by atoms with Gasteiger partial charge in [0.05, 0.1) is 7.11 Å². The van der Waals surface area contributed by atoms with Gasteiger partial charge in [-0.15, -0.1) is 0 Å². The first-order chi connectivity index (χ1) is 17.0. The summed E-state index contributed by atoms with van der Waals surface area (Å²) in [6.45, 7) is 2.03. The summed E-state index contributed by atoms with van der Waals surface area (Å²) in [5.74, 6) is 0.300. The van der Waals surface area contributed by atoms with Gasteiger partial charge in [-0.1, -0.05) is 31.4 Å². The van der Waals surface area contributed by atoms with Crippen LogP contribution in [-0.4, -0.2) is 32.1 Å². The van der Waals surface area contributed by atoms with Crippen LogP contribution >= 0.6 is 0 Å². The molecule has 2 fully saturated rings. The predicted molar refractivity (Wildman–Crippen MR) is 142 cm³/mol. The minimum Gasteiger partial charge on any atom is -0.466 e. The second-order valence-corrected chi connectivity index (χ2v) is 10.0. The van der Waals surface area contributed by atoms with Crippen LogP contribution in [0.2, 0.25) is 0 Å². The molecule has 4 rings (SSSR count). The van der Waals surface area contributed by atoms with Gasteiger partial charge >= 0.3 is 5.97 Å². The molecule has 186 valence electrons. The molecule has 0 spiro atoms. The zero-order valence-electron chi connectivity index (χ0n) is 20.7. The van der Waals surface area contributed by atoms with Crippen LogP contribution in [-0.2, 0) is 14.3 Å². The Morgan fingerprint density at radius 2 is 1.80 bits per heavy atom. The highest BCUT2D eigenvalue weighted by atomic mass is 16.5. The van der Waals surface area contributed by atoms with Gasteiger partial charge in [-0.05, 0) is 86.1 Å². The van der Waals surface area contributed by atoms with Gasteiger partial charge in [0.15, 0.2) is 0 Å². The van der Waals surface area contributed by atoms with Crippen LogP contribution < -0.4 is 16.0 Å². The van der Waals surface area contributed by atoms with Crippen molar-refractivity contribution in [3.05, 3.63) is 60.2 Å². The van der Waals surface area contributed by atoms with E-state index in [0.717, 1.165) is 75.0 Å². The maximum atomic E-state index is 13.7. The molecule has 6 heteroatoms. The summed E-state index contributed by atoms with van der Waals surface area (Å²) in [5.41, 5.74) is 9.18. The zero-order valence-corrected chi connectivity index (χ0v) is 20.7. The Morgan fingerprint density at radius 3 is 2.49 bits per heavy atom. The lowest BCUT2D eigenvalue weighted by atomic mass is 9.67. The van der Waals surface area contributed by atoms with Crippen LogP contribution in [0.15, 0.2) is 54.6 Å². The number of carbonyl (C=O) groups excluding carboxylic acids is 2. The van der Waals surface area contributed by atoms with Gasteiger partial charge in [-0.2, -0.15) is 0 Å². The van der Waals surface area contributed by atoms with E-state index in [1.165, 1.54) is 25.3 Å². The minimum absolute atomic E-state index is 0.146. The molecule has 0 atom stereocenters. The maximum absolute atomic E-state index is 13.7. The lowest BCUT2D eigenvalue weighted by Gasteiger charge is -2.41. The Labute approximate surface area is 208 Å². The quantitative estimate of drug-likeness (QED) is 0.307. The monoisotopic (exact) mass is 475 g/mol. The molecule has 1 saturated carbocycles. The predicted octanol–water partition coefficient (Wildman–Crippen LogP) is 5.65. The zero-order chi connectivity index (χ0) is 24.7. The third kappa shape index (κ3) is 6.44. The van der Waals surface area contributed by atoms with E-state index in [-0.39, 0.29) is 11.3 Å². The van der Waals surface area contributed by atoms with Crippen molar-refractivity contribution in [2.45, 2.75) is 51.4 Å². The summed E-state index contributed by atoms with van der Waals surface area (Å²) < 4.78 is 4.66. The fourth-order valence-corrected chi connectivity index (χ4v) is 5.60. The third-order valence-corrected chi connectivity index (χ3v) is 7.60. The summed E-state index contributed by atoms with van der Waals surface area (Å²) in [5, 5.41) is 3.21. The topological polar surface area (TPSA) is 84.7 Å². The summed E-state index contributed by atoms with van der Waals surface area (Å²) in [4.78, 5) is 27.5. The van der Waals surface area contributed by atoms with Crippen molar-refractivity contribution in [2.24, 2.45) is 11.3 Å². The van der Waals surface area contributed by atoms with Crippen LogP contribution in [0.4, 0.5) is 17.1 Å². The van der Waals surface area contributed by atoms with Crippen molar-refractivity contribution in [2.75, 3.05) is 36.1 Å². The molecule has 2 aliphatic rings. The summed E-state index contributed by atoms with van der Waals surface area (Å²) in [6, 6.07) is 15.7. The molecule has 0 unspecified atom stereocenters. The van der Waals surface area contributed by atoms with Crippen LogP contribution in [0.1, 0.15) is 56.9 Å². The Morgan fingerprint density at radius 1 is 1.09 bits per heavy atom. The van der Waals surface area contributed by atoms with Crippen LogP contribution in [0.5, 0.6) is 0 Å². The standard InChI is InChI=1S/C29H37N3O3/c1-35-27(33)13-8-22-6-5-7-25(20-22)31-28(34)29(16-3-2-4-17-29)21-23-14-18-32(19-15-23)26-11-9-24(30)10-12-26/h5-13,20,23H,2-4,14-19,21,30H2,1H3,(H,31,34)/b13-8+. The normalized spacial score (nSPS) is 18.4. The number of ether oxygens (including phenoxy) is 1. The van der Waals surface area contributed by atoms with E-state index in [9.17, 15) is 9.59 Å². The Hall–Kier alpha value is -3.28. The van der Waals surface area contributed by atoms with E-state index in [1.807, 2.05) is 36.4 Å². The second kappa shape index (κ2) is 11.4. The number of benzene rings is 2. The van der Waals surface area contributed by atoms with Gasteiger partial charge in [0, 0.05) is 41.6 Å². The number of nitrogens with zero attached hydrogens (tertiary/aromatic N) is 1. The molecule has 2 aromatic rings. The maximum Gasteiger partial charge on any atom is 0.330 e. The molecule has 1 heterocycles. The SMILES string of the molecule is COC(=O)/C=C/c1cccc(NC(=O)C2(CC3CCN(c4ccc(N)cc4)CC3)CCCCC2)c1. The molecule has 1 amide bonds. The smallest absolute Gasteiger partial charge is 0.330 e. The number of anilines is 3. The number of esters is 1. The molecular weight excluding hydrogens is 438 g/mol. The number of piperidine rings is 1. The van der Waals surface area contributed by atoms with Crippen molar-refractivity contribution >= 4 is 35.0 Å². The number of hydrogen-bond acceptors (Lipinski definition) is 5. The molecule has 0 bridgehead atoms. The van der Waals surface area contributed by atoms with Crippen molar-refractivity contribution in [3.8, 4) is 0 Å². The summed E-state index contributed by atoms with van der Waals surface area (Å²) in [6.07, 6.45) is 11.6. The van der Waals surface area contributed by atoms with Crippen molar-refractivity contribution in [1.82, 2.24) is 0 Å². The number of nitrogens with two attached hydrogens (primary N) is 1. The number of hydrogen-bond donors (Lipinski definition) is 2. The minimum atomic E-state index is -0.400. The first-order valence-electron chi connectivity index (χ1n) is 12.8. The van der Waals surface area contributed by atoms with Crippen LogP contribution in [0, 0.1) is 11.3 Å². The van der Waals surface area contributed by atoms with Gasteiger partial charge in [0.2, 0.25) is 5.91 Å². The molecule has 0 radical (unpaired) electrons. The molecule has 35 heavy (non-hydrogen) atoms. The number of methoxy groups -OCH3 is 1. The number of nitrogen functional groups attached to an aromatic ring is 1. The summed E-state index contributed by atoms with van der Waals surface area (Å²) >= 11 is 0. The molecule has 0 aromatic heterocycles. The molecule has 1 aliphatic heterocycles. The van der Waals surface area contributed by atoms with Crippen molar-refractivity contribution in [1.29, 1.82) is 0 Å². The molecule has 1 aliphatic carbocycles. The third-order valence-electron chi connectivity index (χ3n) is 7.60. The second-order valence-electron chi connectivity index (χ2n) is 10.0. The van der Waals surface area contributed by atoms with Gasteiger partial charge in [0.1, 0.15) is 0 Å². The number of carbonyl (C=O) groups is 2. The lowest BCUT2D eigenvalue weighted by Crippen LogP contribution is -2.42. The van der Waals surface area contributed by atoms with E-state index in [0.29, 0.717) is 5.92 Å². The highest BCUT2D eigenvalue weighted by Gasteiger charge is 2.41. The highest BCUT2D eigenvalue weighted by molar-refractivity contribution is 5.96. The Kier molecular flexibility index (Phi) is 8.11. The summed E-state index contributed by atoms with van der Waals surface area (Å²) in [7, 11) is 1.36. The fraction of sp³-hybridized carbons (Fsp3) is 0.448. The average molecular weight is 476 g/mol. The number of nitrogens with one attached hydrogen (secondary N) is 1. The average Bonchev–Trinajstić information content (AvgIpc) is 2.89. The van der Waals surface area contributed by atoms with Gasteiger partial charge < -0.3 is 20.7 Å². The van der Waals surface area contributed by atoms with E-state index in [4.69, 9.17) is 5.73 Å². The van der Waals surface area contributed by atoms with E-state index >= 15 is 0 Å². The fourth-order valence-electron chi connectivity index (χ4n) is 5.60. The first-order valence-corrected chi connectivity index (χ1v) is 12.8. The molecule has 1 saturated heterocycles. The first kappa shape index (κ1) is 24.8. The van der Waals surface area contributed by atoms with E-state index < -0.39 is 5.97 Å². The van der Waals surface area contributed by atoms with Crippen molar-refractivity contribution in [3.63, 3.8) is 0 Å². The number of amides is 1. The Balaban J connectivity index is 1.40.